The fraction of sp³-hybridized carbons (Fsp3) is 0.0800. The molecule has 2 N–H and O–H groups in total. The molecular formula is C25H20ClN3O3. The predicted molar refractivity (Wildman–Crippen MR) is 124 cm³/mol. The normalized spacial score (nSPS) is 13.5. The summed E-state index contributed by atoms with van der Waals surface area (Å²) < 4.78 is 0. The number of hydrogen-bond donors (Lipinski definition) is 2. The Balaban J connectivity index is 1.45. The number of aryl methyl sites for hydroxylation is 1. The first-order valence-electron chi connectivity index (χ1n) is 9.98. The fourth-order valence-electron chi connectivity index (χ4n) is 3.32. The minimum atomic E-state index is -0.544. The van der Waals surface area contributed by atoms with Crippen molar-refractivity contribution in [2.24, 2.45) is 0 Å². The molecule has 7 heteroatoms. The van der Waals surface area contributed by atoms with Crippen molar-refractivity contribution in [3.8, 4) is 0 Å². The van der Waals surface area contributed by atoms with Crippen LogP contribution in [0.3, 0.4) is 0 Å². The van der Waals surface area contributed by atoms with Crippen LogP contribution in [0.25, 0.3) is 0 Å². The first-order valence-corrected chi connectivity index (χ1v) is 10.4. The Bertz CT molecular complexity index is 1220. The maximum Gasteiger partial charge on any atom is 0.279 e. The van der Waals surface area contributed by atoms with Gasteiger partial charge in [-0.3, -0.25) is 19.3 Å². The molecular weight excluding hydrogens is 426 g/mol. The van der Waals surface area contributed by atoms with Gasteiger partial charge >= 0.3 is 0 Å². The lowest BCUT2D eigenvalue weighted by Gasteiger charge is -2.15. The largest absolute Gasteiger partial charge is 0.350 e. The first-order chi connectivity index (χ1) is 15.4. The summed E-state index contributed by atoms with van der Waals surface area (Å²) >= 11 is 6.16. The van der Waals surface area contributed by atoms with E-state index in [-0.39, 0.29) is 23.2 Å². The zero-order chi connectivity index (χ0) is 22.7. The number of carbonyl (C=O) groups excluding carboxylic acids is 3. The second kappa shape index (κ2) is 9.08. The summed E-state index contributed by atoms with van der Waals surface area (Å²) in [4.78, 5) is 38.9. The molecule has 0 aromatic heterocycles. The van der Waals surface area contributed by atoms with Crippen molar-refractivity contribution in [3.63, 3.8) is 0 Å². The van der Waals surface area contributed by atoms with Crippen LogP contribution in [0.15, 0.2) is 89.6 Å². The number of nitrogens with zero attached hydrogens (tertiary/aromatic N) is 1. The molecule has 0 fully saturated rings. The van der Waals surface area contributed by atoms with Crippen LogP contribution in [-0.2, 0) is 16.1 Å². The third-order valence-electron chi connectivity index (χ3n) is 5.10. The SMILES string of the molecule is Cc1ccccc1NC(=O)c1ccc(NC2=C(Cl)C(=O)N(Cc3ccccc3)C2=O)cc1. The highest BCUT2D eigenvalue weighted by Crippen LogP contribution is 2.27. The Morgan fingerprint density at radius 1 is 0.875 bits per heavy atom. The molecule has 0 atom stereocenters. The van der Waals surface area contributed by atoms with Gasteiger partial charge in [-0.2, -0.15) is 0 Å². The molecule has 0 bridgehead atoms. The molecule has 1 heterocycles. The summed E-state index contributed by atoms with van der Waals surface area (Å²) in [7, 11) is 0. The van der Waals surface area contributed by atoms with E-state index in [0.29, 0.717) is 11.3 Å². The number of para-hydroxylation sites is 1. The second-order valence-electron chi connectivity index (χ2n) is 7.34. The molecule has 1 aliphatic heterocycles. The van der Waals surface area contributed by atoms with E-state index in [4.69, 9.17) is 11.6 Å². The average molecular weight is 446 g/mol. The monoisotopic (exact) mass is 445 g/mol. The molecule has 32 heavy (non-hydrogen) atoms. The van der Waals surface area contributed by atoms with Gasteiger partial charge in [-0.25, -0.2) is 0 Å². The molecule has 160 valence electrons. The summed E-state index contributed by atoms with van der Waals surface area (Å²) in [5, 5.41) is 5.63. The van der Waals surface area contributed by atoms with E-state index in [0.717, 1.165) is 21.7 Å². The van der Waals surface area contributed by atoms with Crippen molar-refractivity contribution < 1.29 is 14.4 Å². The van der Waals surface area contributed by atoms with Crippen LogP contribution in [0.1, 0.15) is 21.5 Å². The lowest BCUT2D eigenvalue weighted by atomic mass is 10.1. The Morgan fingerprint density at radius 3 is 2.22 bits per heavy atom. The number of anilines is 2. The lowest BCUT2D eigenvalue weighted by Crippen LogP contribution is -2.31. The molecule has 0 radical (unpaired) electrons. The number of halogens is 1. The molecule has 3 aromatic rings. The van der Waals surface area contributed by atoms with Gasteiger partial charge in [0.05, 0.1) is 6.54 Å². The number of amides is 3. The Hall–Kier alpha value is -3.90. The minimum absolute atomic E-state index is 0.0182. The van der Waals surface area contributed by atoms with Crippen molar-refractivity contribution in [3.05, 3.63) is 106 Å². The average Bonchev–Trinajstić information content (AvgIpc) is 3.00. The smallest absolute Gasteiger partial charge is 0.279 e. The van der Waals surface area contributed by atoms with Gasteiger partial charge < -0.3 is 10.6 Å². The number of imide groups is 1. The molecule has 0 saturated heterocycles. The lowest BCUT2D eigenvalue weighted by molar-refractivity contribution is -0.138. The van der Waals surface area contributed by atoms with Gasteiger partial charge in [-0.1, -0.05) is 60.1 Å². The molecule has 4 rings (SSSR count). The zero-order valence-electron chi connectivity index (χ0n) is 17.3. The van der Waals surface area contributed by atoms with Crippen molar-refractivity contribution >= 4 is 40.7 Å². The molecule has 0 aliphatic carbocycles. The van der Waals surface area contributed by atoms with Gasteiger partial charge in [-0.05, 0) is 48.4 Å². The topological polar surface area (TPSA) is 78.5 Å². The van der Waals surface area contributed by atoms with Gasteiger partial charge in [0.2, 0.25) is 0 Å². The molecule has 0 saturated carbocycles. The first kappa shape index (κ1) is 21.3. The van der Waals surface area contributed by atoms with Crippen LogP contribution in [0.4, 0.5) is 11.4 Å². The standard InChI is InChI=1S/C25H20ClN3O3/c1-16-7-5-6-10-20(16)28-23(30)18-11-13-19(14-12-18)27-22-21(26)24(31)29(25(22)32)15-17-8-3-2-4-9-17/h2-14,27H,15H2,1H3,(H,28,30). The summed E-state index contributed by atoms with van der Waals surface area (Å²) in [5.74, 6) is -1.29. The van der Waals surface area contributed by atoms with Gasteiger partial charge in [0.25, 0.3) is 17.7 Å². The van der Waals surface area contributed by atoms with E-state index in [1.807, 2.05) is 61.5 Å². The van der Waals surface area contributed by atoms with E-state index in [9.17, 15) is 14.4 Å². The molecule has 0 unspecified atom stereocenters. The Labute approximate surface area is 190 Å². The van der Waals surface area contributed by atoms with Gasteiger partial charge in [0, 0.05) is 16.9 Å². The van der Waals surface area contributed by atoms with Crippen LogP contribution in [0, 0.1) is 6.92 Å². The van der Waals surface area contributed by atoms with E-state index in [1.54, 1.807) is 24.3 Å². The third kappa shape index (κ3) is 4.40. The Kier molecular flexibility index (Phi) is 6.05. The summed E-state index contributed by atoms with van der Waals surface area (Å²) in [5.41, 5.74) is 3.54. The molecule has 0 spiro atoms. The van der Waals surface area contributed by atoms with Crippen molar-refractivity contribution in [2.45, 2.75) is 13.5 Å². The van der Waals surface area contributed by atoms with Crippen LogP contribution in [-0.4, -0.2) is 22.6 Å². The Morgan fingerprint density at radius 2 is 1.53 bits per heavy atom. The summed E-state index contributed by atoms with van der Waals surface area (Å²) in [6.45, 7) is 2.05. The van der Waals surface area contributed by atoms with Crippen molar-refractivity contribution in [2.75, 3.05) is 10.6 Å². The highest BCUT2D eigenvalue weighted by molar-refractivity contribution is 6.48. The predicted octanol–water partition coefficient (Wildman–Crippen LogP) is 4.68. The molecule has 3 aromatic carbocycles. The molecule has 6 nitrogen and oxygen atoms in total. The maximum absolute atomic E-state index is 12.8. The van der Waals surface area contributed by atoms with Gasteiger partial charge in [0.15, 0.2) is 0 Å². The second-order valence-corrected chi connectivity index (χ2v) is 7.72. The minimum Gasteiger partial charge on any atom is -0.350 e. The van der Waals surface area contributed by atoms with Gasteiger partial charge in [-0.15, -0.1) is 0 Å². The number of rotatable bonds is 6. The van der Waals surface area contributed by atoms with Crippen LogP contribution < -0.4 is 10.6 Å². The molecule has 1 aliphatic rings. The van der Waals surface area contributed by atoms with E-state index in [1.165, 1.54) is 0 Å². The van der Waals surface area contributed by atoms with E-state index in [2.05, 4.69) is 10.6 Å². The quantitative estimate of drug-likeness (QED) is 0.540. The van der Waals surface area contributed by atoms with Crippen molar-refractivity contribution in [1.82, 2.24) is 4.90 Å². The highest BCUT2D eigenvalue weighted by Gasteiger charge is 2.37. The number of benzene rings is 3. The third-order valence-corrected chi connectivity index (χ3v) is 5.46. The van der Waals surface area contributed by atoms with E-state index >= 15 is 0 Å². The number of hydrogen-bond acceptors (Lipinski definition) is 4. The van der Waals surface area contributed by atoms with Crippen LogP contribution in [0.5, 0.6) is 0 Å². The highest BCUT2D eigenvalue weighted by atomic mass is 35.5. The number of carbonyl (C=O) groups is 3. The maximum atomic E-state index is 12.8. The molecule has 3 amide bonds. The number of nitrogens with one attached hydrogen (secondary N) is 2. The summed E-state index contributed by atoms with van der Waals surface area (Å²) in [6, 6.07) is 23.3. The van der Waals surface area contributed by atoms with Crippen LogP contribution >= 0.6 is 11.6 Å². The zero-order valence-corrected chi connectivity index (χ0v) is 18.0. The van der Waals surface area contributed by atoms with Crippen LogP contribution in [0.2, 0.25) is 0 Å². The summed E-state index contributed by atoms with van der Waals surface area (Å²) in [6.07, 6.45) is 0. The van der Waals surface area contributed by atoms with Crippen molar-refractivity contribution in [1.29, 1.82) is 0 Å². The van der Waals surface area contributed by atoms with E-state index < -0.39 is 11.8 Å². The fourth-order valence-corrected chi connectivity index (χ4v) is 3.55. The van der Waals surface area contributed by atoms with Gasteiger partial charge in [0.1, 0.15) is 10.7 Å².